The maximum Gasteiger partial charge on any atom is 0.472 e. The molecule has 3 atom stereocenters. The number of phosphoric ester groups is 1. The molecule has 3 unspecified atom stereocenters. The molecule has 1 amide bonds. The number of allylic oxidation sites excluding steroid dienone is 13. The molecule has 0 saturated carbocycles. The molecule has 0 aromatic rings. The molecule has 0 radical (unpaired) electrons. The summed E-state index contributed by atoms with van der Waals surface area (Å²) in [6.45, 7) is 6.95. The van der Waals surface area contributed by atoms with Crippen LogP contribution in [0.25, 0.3) is 0 Å². The lowest BCUT2D eigenvalue weighted by Gasteiger charge is -2.27. The second-order valence-electron chi connectivity index (χ2n) is 24.0. The van der Waals surface area contributed by atoms with Gasteiger partial charge in [-0.2, -0.15) is 0 Å². The van der Waals surface area contributed by atoms with Crippen LogP contribution in [-0.2, 0) is 27.9 Å². The lowest BCUT2D eigenvalue weighted by Crippen LogP contribution is -2.47. The Morgan fingerprint density at radius 1 is 0.432 bits per heavy atom. The first kappa shape index (κ1) is 78.2. The highest BCUT2D eigenvalue weighted by Crippen LogP contribution is 2.43. The first-order valence-corrected chi connectivity index (χ1v) is 35.4. The summed E-state index contributed by atoms with van der Waals surface area (Å²) >= 11 is 0. The van der Waals surface area contributed by atoms with Crippen LogP contribution in [0.3, 0.4) is 0 Å². The van der Waals surface area contributed by atoms with Crippen molar-refractivity contribution in [2.45, 2.75) is 315 Å². The molecule has 0 aliphatic carbocycles. The third kappa shape index (κ3) is 61.6. The predicted octanol–water partition coefficient (Wildman–Crippen LogP) is 21.3. The van der Waals surface area contributed by atoms with Gasteiger partial charge in [0.2, 0.25) is 5.91 Å². The third-order valence-electron chi connectivity index (χ3n) is 14.8. The zero-order valence-corrected chi connectivity index (χ0v) is 54.7. The Bertz CT molecular complexity index is 1660. The summed E-state index contributed by atoms with van der Waals surface area (Å²) in [4.78, 5) is 37.8. The number of quaternary nitrogens is 1. The third-order valence-corrected chi connectivity index (χ3v) is 15.8. The number of nitrogens with zero attached hydrogens (tertiary/aromatic N) is 1. The maximum atomic E-state index is 13.6. The average molecular weight is 1150 g/mol. The fraction of sp³-hybridized carbons (Fsp3) is 0.775. The Labute approximate surface area is 501 Å². The molecule has 2 N–H and O–H groups in total. The van der Waals surface area contributed by atoms with Crippen molar-refractivity contribution in [2.24, 2.45) is 0 Å². The summed E-state index contributed by atoms with van der Waals surface area (Å²) in [5.74, 6) is -0.537. The van der Waals surface area contributed by atoms with E-state index >= 15 is 0 Å². The van der Waals surface area contributed by atoms with Gasteiger partial charge in [0.05, 0.1) is 33.8 Å². The normalized spacial score (nSPS) is 14.1. The number of ether oxygens (including phenoxy) is 1. The van der Waals surface area contributed by atoms with E-state index in [9.17, 15) is 19.0 Å². The Kier molecular flexibility index (Phi) is 58.2. The molecule has 0 aliphatic rings. The van der Waals surface area contributed by atoms with Gasteiger partial charge in [-0.15, -0.1) is 0 Å². The van der Waals surface area contributed by atoms with Crippen molar-refractivity contribution in [1.82, 2.24) is 5.32 Å². The highest BCUT2D eigenvalue weighted by atomic mass is 31.2. The van der Waals surface area contributed by atoms with Crippen LogP contribution in [0.5, 0.6) is 0 Å². The smallest absolute Gasteiger partial charge is 0.456 e. The minimum Gasteiger partial charge on any atom is -0.456 e. The number of rotatable bonds is 61. The van der Waals surface area contributed by atoms with Crippen LogP contribution in [0, 0.1) is 0 Å². The van der Waals surface area contributed by atoms with Gasteiger partial charge in [-0.3, -0.25) is 18.6 Å². The largest absolute Gasteiger partial charge is 0.472 e. The Balaban J connectivity index is 5.11. The van der Waals surface area contributed by atoms with E-state index in [1.807, 2.05) is 33.3 Å². The highest BCUT2D eigenvalue weighted by molar-refractivity contribution is 7.47. The van der Waals surface area contributed by atoms with E-state index in [0.717, 1.165) is 83.5 Å². The zero-order chi connectivity index (χ0) is 59.3. The predicted molar refractivity (Wildman–Crippen MR) is 351 cm³/mol. The number of carbonyl (C=O) groups excluding carboxylic acids is 2. The van der Waals surface area contributed by atoms with Gasteiger partial charge in [0.1, 0.15) is 19.3 Å². The van der Waals surface area contributed by atoms with Crippen molar-refractivity contribution in [3.63, 3.8) is 0 Å². The molecule has 0 aliphatic heterocycles. The molecule has 0 aromatic heterocycles. The molecule has 10 heteroatoms. The van der Waals surface area contributed by atoms with Gasteiger partial charge < -0.3 is 19.4 Å². The minimum atomic E-state index is -4.46. The molecule has 0 rings (SSSR count). The lowest BCUT2D eigenvalue weighted by molar-refractivity contribution is -0.870. The van der Waals surface area contributed by atoms with Gasteiger partial charge >= 0.3 is 13.8 Å². The molecule has 0 aromatic carbocycles. The van der Waals surface area contributed by atoms with Crippen molar-refractivity contribution < 1.29 is 37.3 Å². The number of hydrogen-bond acceptors (Lipinski definition) is 6. The van der Waals surface area contributed by atoms with E-state index < -0.39 is 20.0 Å². The van der Waals surface area contributed by atoms with Gasteiger partial charge in [-0.1, -0.05) is 267 Å². The SMILES string of the molecule is CCCCC/C=C\C/C=C\C/C=C\C/C=C\CCCCCC(=O)NC(COP(=O)(O)OCC[N+](C)(C)C)C(/C=C\CCCCCCCCCCC)OC(=O)CCCCCCCCCCCCCCCCC/C=C\C/C=C\CCCCC. The van der Waals surface area contributed by atoms with Gasteiger partial charge in [-0.05, 0) is 109 Å². The summed E-state index contributed by atoms with van der Waals surface area (Å²) in [5.41, 5.74) is 0. The zero-order valence-electron chi connectivity index (χ0n) is 53.8. The molecule has 470 valence electrons. The summed E-state index contributed by atoms with van der Waals surface area (Å²) < 4.78 is 30.7. The molecular weight excluding hydrogens is 1020 g/mol. The molecule has 0 bridgehead atoms. The molecule has 0 spiro atoms. The van der Waals surface area contributed by atoms with Crippen LogP contribution in [-0.4, -0.2) is 74.3 Å². The summed E-state index contributed by atoms with van der Waals surface area (Å²) in [7, 11) is 1.47. The average Bonchev–Trinajstić information content (AvgIpc) is 3.43. The van der Waals surface area contributed by atoms with Crippen molar-refractivity contribution in [2.75, 3.05) is 40.9 Å². The number of likely N-dealkylation sites (N-methyl/N-ethyl adjacent to an activating group) is 1. The van der Waals surface area contributed by atoms with Gasteiger partial charge in [-0.25, -0.2) is 4.57 Å². The van der Waals surface area contributed by atoms with Crippen molar-refractivity contribution in [1.29, 1.82) is 0 Å². The summed E-state index contributed by atoms with van der Waals surface area (Å²) in [6.07, 6.45) is 80.2. The Morgan fingerprint density at radius 2 is 0.753 bits per heavy atom. The Hall–Kier alpha value is -2.81. The second kappa shape index (κ2) is 60.3. The number of nitrogens with one attached hydrogen (secondary N) is 1. The van der Waals surface area contributed by atoms with Gasteiger partial charge in [0, 0.05) is 12.8 Å². The molecule has 0 heterocycles. The molecular formula is C71H130N2O7P+. The fourth-order valence-corrected chi connectivity index (χ4v) is 10.3. The molecule has 81 heavy (non-hydrogen) atoms. The lowest BCUT2D eigenvalue weighted by atomic mass is 10.0. The molecule has 0 fully saturated rings. The highest BCUT2D eigenvalue weighted by Gasteiger charge is 2.30. The van der Waals surface area contributed by atoms with E-state index in [4.69, 9.17) is 13.8 Å². The van der Waals surface area contributed by atoms with Crippen LogP contribution >= 0.6 is 7.82 Å². The van der Waals surface area contributed by atoms with E-state index in [1.165, 1.54) is 180 Å². The first-order valence-electron chi connectivity index (χ1n) is 33.9. The van der Waals surface area contributed by atoms with Crippen LogP contribution < -0.4 is 5.32 Å². The number of unbranched alkanes of at least 4 members (excludes halogenated alkanes) is 33. The fourth-order valence-electron chi connectivity index (χ4n) is 9.54. The van der Waals surface area contributed by atoms with E-state index in [0.29, 0.717) is 23.9 Å². The number of hydrogen-bond donors (Lipinski definition) is 2. The van der Waals surface area contributed by atoms with E-state index in [2.05, 4.69) is 99.0 Å². The van der Waals surface area contributed by atoms with Crippen LogP contribution in [0.4, 0.5) is 0 Å². The maximum absolute atomic E-state index is 13.6. The number of esters is 1. The number of carbonyl (C=O) groups is 2. The summed E-state index contributed by atoms with van der Waals surface area (Å²) in [5, 5.41) is 3.04. The number of amides is 1. The quantitative estimate of drug-likeness (QED) is 0.0205. The van der Waals surface area contributed by atoms with Crippen LogP contribution in [0.15, 0.2) is 85.1 Å². The molecule has 0 saturated heterocycles. The van der Waals surface area contributed by atoms with Crippen molar-refractivity contribution in [3.05, 3.63) is 85.1 Å². The number of phosphoric acid groups is 1. The van der Waals surface area contributed by atoms with E-state index in [1.54, 1.807) is 0 Å². The first-order chi connectivity index (χ1) is 39.4. The van der Waals surface area contributed by atoms with Crippen molar-refractivity contribution in [3.8, 4) is 0 Å². The topological polar surface area (TPSA) is 111 Å². The van der Waals surface area contributed by atoms with Gasteiger partial charge in [0.25, 0.3) is 0 Å². The van der Waals surface area contributed by atoms with Crippen LogP contribution in [0.1, 0.15) is 303 Å². The van der Waals surface area contributed by atoms with Crippen molar-refractivity contribution >= 4 is 19.7 Å². The Morgan fingerprint density at radius 3 is 1.16 bits per heavy atom. The minimum absolute atomic E-state index is 0.0314. The van der Waals surface area contributed by atoms with Crippen LogP contribution in [0.2, 0.25) is 0 Å². The standard InChI is InChI=1S/C71H129N2O7P/c1-7-10-13-16-19-22-25-27-29-31-33-34-35-36-37-38-40-42-44-46-49-52-55-58-61-64-71(75)80-69(62-59-56-53-50-47-24-21-18-15-12-9-3)68(67-79-81(76,77)78-66-65-73(4,5)6)72-70(74)63-60-57-54-51-48-45-43-41-39-32-30-28-26-23-20-17-14-11-8-2/h19-20,22-23,27-30,39,41,45,48,59,62,68-69H,7-18,21,24-26,31-38,40,42-44,46-47,49-58,60-61,63-67H2,1-6H3,(H-,72,74,76,77)/p+1/b22-19-,23-20-,29-27-,30-28-,41-39-,48-45-,62-59-. The van der Waals surface area contributed by atoms with E-state index in [-0.39, 0.29) is 31.5 Å². The van der Waals surface area contributed by atoms with Gasteiger partial charge in [0.15, 0.2) is 0 Å². The monoisotopic (exact) mass is 1150 g/mol. The summed E-state index contributed by atoms with van der Waals surface area (Å²) in [6, 6.07) is -0.868. The second-order valence-corrected chi connectivity index (χ2v) is 25.4. The molecule has 9 nitrogen and oxygen atoms in total.